The molecule has 1 amide bonds. The van der Waals surface area contributed by atoms with Crippen molar-refractivity contribution in [3.8, 4) is 0 Å². The predicted molar refractivity (Wildman–Crippen MR) is 84.8 cm³/mol. The van der Waals surface area contributed by atoms with Gasteiger partial charge >= 0.3 is 0 Å². The van der Waals surface area contributed by atoms with Gasteiger partial charge in [0.15, 0.2) is 0 Å². The smallest absolute Gasteiger partial charge is 0.253 e. The maximum atomic E-state index is 12.2. The topological polar surface area (TPSA) is 53.5 Å². The molecular formula is C16H20ClN3O. The fraction of sp³-hybridized carbons (Fsp3) is 0.500. The maximum absolute atomic E-state index is 12.2. The summed E-state index contributed by atoms with van der Waals surface area (Å²) in [6.07, 6.45) is 4.39. The normalized spacial score (nSPS) is 20.4. The molecule has 5 heteroatoms. The van der Waals surface area contributed by atoms with Gasteiger partial charge in [-0.15, -0.1) is 0 Å². The zero-order chi connectivity index (χ0) is 14.7. The number of halogens is 1. The van der Waals surface area contributed by atoms with E-state index in [2.05, 4.69) is 10.6 Å². The number of aryl methyl sites for hydroxylation is 1. The van der Waals surface area contributed by atoms with Gasteiger partial charge in [0.1, 0.15) is 11.4 Å². The Morgan fingerprint density at radius 2 is 1.86 bits per heavy atom. The van der Waals surface area contributed by atoms with Gasteiger partial charge in [0.25, 0.3) is 5.91 Å². The highest BCUT2D eigenvalue weighted by Gasteiger charge is 2.43. The average Bonchev–Trinajstić information content (AvgIpc) is 2.78. The molecule has 0 saturated carbocycles. The van der Waals surface area contributed by atoms with Crippen LogP contribution in [0.4, 0.5) is 0 Å². The highest BCUT2D eigenvalue weighted by Crippen LogP contribution is 2.27. The average molecular weight is 306 g/mol. The largest absolute Gasteiger partial charge is 0.317 e. The third-order valence-electron chi connectivity index (χ3n) is 4.25. The summed E-state index contributed by atoms with van der Waals surface area (Å²) in [4.78, 5) is 16.9. The number of hydrogen-bond donors (Lipinski definition) is 2. The number of carbonyl (C=O) groups excluding carboxylic acids is 1. The molecule has 21 heavy (non-hydrogen) atoms. The Hall–Kier alpha value is -1.39. The number of rotatable bonds is 4. The molecule has 2 aliphatic rings. The van der Waals surface area contributed by atoms with Gasteiger partial charge < -0.3 is 10.6 Å². The summed E-state index contributed by atoms with van der Waals surface area (Å²) in [7, 11) is 0. The van der Waals surface area contributed by atoms with Gasteiger partial charge in [0, 0.05) is 11.4 Å². The van der Waals surface area contributed by atoms with E-state index in [1.165, 1.54) is 5.56 Å². The molecule has 0 atom stereocenters. The first-order valence-corrected chi connectivity index (χ1v) is 7.91. The number of amidine groups is 1. The van der Waals surface area contributed by atoms with Crippen LogP contribution in [0.3, 0.4) is 0 Å². The number of benzene rings is 1. The van der Waals surface area contributed by atoms with Crippen LogP contribution in [0.1, 0.15) is 31.2 Å². The van der Waals surface area contributed by atoms with E-state index in [-0.39, 0.29) is 5.91 Å². The monoisotopic (exact) mass is 305 g/mol. The molecule has 1 saturated heterocycles. The summed E-state index contributed by atoms with van der Waals surface area (Å²) in [5.41, 5.74) is 0.779. The Morgan fingerprint density at radius 3 is 2.57 bits per heavy atom. The van der Waals surface area contributed by atoms with Crippen LogP contribution in [-0.2, 0) is 11.2 Å². The zero-order valence-electron chi connectivity index (χ0n) is 12.0. The third kappa shape index (κ3) is 3.27. The Morgan fingerprint density at radius 1 is 1.14 bits per heavy atom. The van der Waals surface area contributed by atoms with E-state index in [1.54, 1.807) is 0 Å². The number of amides is 1. The SMILES string of the molecule is O=C1NC(CCCc2ccc(Cl)cc2)=NC12CCNCC2. The zero-order valence-corrected chi connectivity index (χ0v) is 12.7. The van der Waals surface area contributed by atoms with Gasteiger partial charge in [0.2, 0.25) is 0 Å². The minimum absolute atomic E-state index is 0.0884. The van der Waals surface area contributed by atoms with E-state index < -0.39 is 5.54 Å². The van der Waals surface area contributed by atoms with Crippen molar-refractivity contribution in [1.29, 1.82) is 0 Å². The maximum Gasteiger partial charge on any atom is 0.253 e. The second kappa shape index (κ2) is 6.16. The molecule has 0 aliphatic carbocycles. The summed E-state index contributed by atoms with van der Waals surface area (Å²) >= 11 is 5.88. The second-order valence-corrected chi connectivity index (χ2v) is 6.21. The van der Waals surface area contributed by atoms with Crippen LogP contribution in [0.5, 0.6) is 0 Å². The van der Waals surface area contributed by atoms with Gasteiger partial charge in [-0.2, -0.15) is 0 Å². The van der Waals surface area contributed by atoms with Crippen molar-refractivity contribution in [2.75, 3.05) is 13.1 Å². The molecule has 1 spiro atoms. The van der Waals surface area contributed by atoms with Crippen LogP contribution in [-0.4, -0.2) is 30.4 Å². The lowest BCUT2D eigenvalue weighted by Crippen LogP contribution is -2.47. The lowest BCUT2D eigenvalue weighted by Gasteiger charge is -2.28. The molecule has 1 fully saturated rings. The van der Waals surface area contributed by atoms with E-state index in [4.69, 9.17) is 16.6 Å². The summed E-state index contributed by atoms with van der Waals surface area (Å²) in [5.74, 6) is 0.946. The number of nitrogens with one attached hydrogen (secondary N) is 2. The van der Waals surface area contributed by atoms with Crippen molar-refractivity contribution < 1.29 is 4.79 Å². The molecule has 0 unspecified atom stereocenters. The molecule has 3 rings (SSSR count). The van der Waals surface area contributed by atoms with Crippen LogP contribution in [0.25, 0.3) is 0 Å². The third-order valence-corrected chi connectivity index (χ3v) is 4.50. The van der Waals surface area contributed by atoms with Crippen LogP contribution in [0, 0.1) is 0 Å². The number of piperidine rings is 1. The van der Waals surface area contributed by atoms with Crippen molar-refractivity contribution >= 4 is 23.3 Å². The molecule has 112 valence electrons. The summed E-state index contributed by atoms with van der Waals surface area (Å²) < 4.78 is 0. The second-order valence-electron chi connectivity index (χ2n) is 5.77. The van der Waals surface area contributed by atoms with Crippen LogP contribution < -0.4 is 10.6 Å². The molecule has 0 aromatic heterocycles. The highest BCUT2D eigenvalue weighted by molar-refractivity contribution is 6.30. The molecule has 0 radical (unpaired) electrons. The number of nitrogens with zero attached hydrogens (tertiary/aromatic N) is 1. The number of carbonyl (C=O) groups is 1. The Bertz CT molecular complexity index is 547. The van der Waals surface area contributed by atoms with Crippen molar-refractivity contribution in [3.63, 3.8) is 0 Å². The highest BCUT2D eigenvalue weighted by atomic mass is 35.5. The van der Waals surface area contributed by atoms with Crippen LogP contribution in [0.2, 0.25) is 5.02 Å². The molecule has 2 aliphatic heterocycles. The van der Waals surface area contributed by atoms with Crippen LogP contribution >= 0.6 is 11.6 Å². The quantitative estimate of drug-likeness (QED) is 0.897. The minimum Gasteiger partial charge on any atom is -0.317 e. The first-order chi connectivity index (χ1) is 10.2. The number of aliphatic imine (C=N–C) groups is 1. The minimum atomic E-state index is -0.485. The first-order valence-electron chi connectivity index (χ1n) is 7.53. The van der Waals surface area contributed by atoms with E-state index in [0.29, 0.717) is 0 Å². The molecule has 1 aromatic rings. The van der Waals surface area contributed by atoms with Crippen molar-refractivity contribution in [2.24, 2.45) is 4.99 Å². The standard InChI is InChI=1S/C16H20ClN3O/c17-13-6-4-12(5-7-13)2-1-3-14-19-15(21)16(20-14)8-10-18-11-9-16/h4-7,18H,1-3,8-11H2,(H,19,20,21). The van der Waals surface area contributed by atoms with E-state index in [9.17, 15) is 4.79 Å². The van der Waals surface area contributed by atoms with Gasteiger partial charge in [-0.05, 0) is 56.5 Å². The molecule has 4 nitrogen and oxygen atoms in total. The predicted octanol–water partition coefficient (Wildman–Crippen LogP) is 2.31. The van der Waals surface area contributed by atoms with Gasteiger partial charge in [0.05, 0.1) is 0 Å². The van der Waals surface area contributed by atoms with E-state index >= 15 is 0 Å². The van der Waals surface area contributed by atoms with Crippen molar-refractivity contribution in [1.82, 2.24) is 10.6 Å². The molecule has 1 aromatic carbocycles. The van der Waals surface area contributed by atoms with Gasteiger partial charge in [-0.3, -0.25) is 9.79 Å². The van der Waals surface area contributed by atoms with Gasteiger partial charge in [-0.25, -0.2) is 0 Å². The van der Waals surface area contributed by atoms with E-state index in [0.717, 1.165) is 56.1 Å². The number of hydrogen-bond acceptors (Lipinski definition) is 3. The molecule has 2 heterocycles. The lowest BCUT2D eigenvalue weighted by molar-refractivity contribution is -0.124. The molecule has 2 N–H and O–H groups in total. The summed E-state index contributed by atoms with van der Waals surface area (Å²) in [5, 5.41) is 7.02. The fourth-order valence-electron chi connectivity index (χ4n) is 2.99. The Balaban J connectivity index is 1.55. The fourth-order valence-corrected chi connectivity index (χ4v) is 3.12. The summed E-state index contributed by atoms with van der Waals surface area (Å²) in [6.45, 7) is 1.74. The van der Waals surface area contributed by atoms with Crippen LogP contribution in [0.15, 0.2) is 29.3 Å². The Kier molecular flexibility index (Phi) is 4.27. The van der Waals surface area contributed by atoms with Crippen molar-refractivity contribution in [3.05, 3.63) is 34.9 Å². The molecule has 0 bridgehead atoms. The van der Waals surface area contributed by atoms with Gasteiger partial charge in [-0.1, -0.05) is 23.7 Å². The lowest BCUT2D eigenvalue weighted by atomic mass is 9.89. The molecular weight excluding hydrogens is 286 g/mol. The first kappa shape index (κ1) is 14.5. The van der Waals surface area contributed by atoms with Crippen molar-refractivity contribution in [2.45, 2.75) is 37.6 Å². The summed E-state index contributed by atoms with van der Waals surface area (Å²) in [6, 6.07) is 7.92. The Labute approximate surface area is 130 Å². The van der Waals surface area contributed by atoms with E-state index in [1.807, 2.05) is 24.3 Å².